The van der Waals surface area contributed by atoms with Gasteiger partial charge in [-0.05, 0) is 19.6 Å². The molecule has 0 fully saturated rings. The molecule has 3 heteroatoms. The van der Waals surface area contributed by atoms with Crippen molar-refractivity contribution in [3.63, 3.8) is 0 Å². The number of rotatable bonds is 0. The molecule has 0 spiro atoms. The van der Waals surface area contributed by atoms with Crippen LogP contribution < -0.4 is 0 Å². The van der Waals surface area contributed by atoms with E-state index < -0.39 is 8.32 Å². The normalized spacial score (nSPS) is 10.0. The van der Waals surface area contributed by atoms with Crippen LogP contribution in [0.2, 0.25) is 19.6 Å². The van der Waals surface area contributed by atoms with Crippen molar-refractivity contribution in [1.29, 1.82) is 0 Å². The Bertz CT molecular complexity index is 26.3. The first-order valence-electron chi connectivity index (χ1n) is 1.72. The van der Waals surface area contributed by atoms with Crippen LogP contribution in [-0.4, -0.2) is 13.1 Å². The molecule has 0 aliphatic carbocycles. The second kappa shape index (κ2) is 3.10. The first kappa shape index (κ1) is 10.1. The maximum Gasteiger partial charge on any atom is 0.179 e. The smallest absolute Gasteiger partial charge is 0.179 e. The van der Waals surface area contributed by atoms with Gasteiger partial charge >= 0.3 is 0 Å². The van der Waals surface area contributed by atoms with Crippen molar-refractivity contribution < 1.29 is 30.6 Å². The Morgan fingerprint density at radius 2 is 1.17 bits per heavy atom. The molecule has 0 aromatic rings. The van der Waals surface area contributed by atoms with Gasteiger partial charge in [0.15, 0.2) is 8.32 Å². The van der Waals surface area contributed by atoms with Crippen molar-refractivity contribution >= 4 is 8.32 Å². The predicted molar refractivity (Wildman–Crippen MR) is 25.6 cm³/mol. The Kier molecular flexibility index (Phi) is 5.23. The SMILES string of the molecule is C[Si](C)(C)O.[Hf]. The van der Waals surface area contributed by atoms with Gasteiger partial charge in [0.05, 0.1) is 0 Å². The molecular formula is C3H10HfOSi. The average Bonchev–Trinajstić information content (AvgIpc) is 0.722. The zero-order valence-electron chi connectivity index (χ0n) is 4.45. The van der Waals surface area contributed by atoms with E-state index in [9.17, 15) is 0 Å². The van der Waals surface area contributed by atoms with Gasteiger partial charge in [-0.25, -0.2) is 0 Å². The van der Waals surface area contributed by atoms with Gasteiger partial charge in [-0.3, -0.25) is 0 Å². The molecule has 0 bridgehead atoms. The molecule has 0 saturated heterocycles. The molecule has 1 N–H and O–H groups in total. The fourth-order valence-corrected chi connectivity index (χ4v) is 0. The van der Waals surface area contributed by atoms with Gasteiger partial charge in [0.1, 0.15) is 0 Å². The van der Waals surface area contributed by atoms with E-state index >= 15 is 0 Å². The van der Waals surface area contributed by atoms with Crippen LogP contribution in [0, 0.1) is 0 Å². The second-order valence-corrected chi connectivity index (χ2v) is 6.51. The first-order valence-corrected chi connectivity index (χ1v) is 5.17. The molecule has 0 heterocycles. The molecule has 0 unspecified atom stereocenters. The fraction of sp³-hybridized carbons (Fsp3) is 1.00. The third-order valence-corrected chi connectivity index (χ3v) is 0. The number of hydrogen-bond acceptors (Lipinski definition) is 1. The summed E-state index contributed by atoms with van der Waals surface area (Å²) >= 11 is 0. The largest absolute Gasteiger partial charge is 0.433 e. The van der Waals surface area contributed by atoms with Gasteiger partial charge in [0.25, 0.3) is 0 Å². The molecule has 0 amide bonds. The van der Waals surface area contributed by atoms with E-state index in [0.717, 1.165) is 0 Å². The summed E-state index contributed by atoms with van der Waals surface area (Å²) in [4.78, 5) is 8.66. The minimum Gasteiger partial charge on any atom is -0.433 e. The maximum atomic E-state index is 8.66. The van der Waals surface area contributed by atoms with E-state index in [0.29, 0.717) is 0 Å². The molecule has 0 aliphatic rings. The quantitative estimate of drug-likeness (QED) is 0.645. The van der Waals surface area contributed by atoms with E-state index in [1.54, 1.807) is 0 Å². The molecule has 6 heavy (non-hydrogen) atoms. The molecule has 0 aromatic heterocycles. The third kappa shape index (κ3) is 75.4. The van der Waals surface area contributed by atoms with E-state index in [1.165, 1.54) is 0 Å². The van der Waals surface area contributed by atoms with Crippen LogP contribution in [0.1, 0.15) is 0 Å². The van der Waals surface area contributed by atoms with Crippen LogP contribution in [0.15, 0.2) is 0 Å². The maximum absolute atomic E-state index is 8.66. The Balaban J connectivity index is 0. The minimum absolute atomic E-state index is 0. The van der Waals surface area contributed by atoms with Crippen LogP contribution >= 0.6 is 0 Å². The van der Waals surface area contributed by atoms with Crippen molar-refractivity contribution in [2.45, 2.75) is 19.6 Å². The molecular weight excluding hydrogens is 259 g/mol. The summed E-state index contributed by atoms with van der Waals surface area (Å²) in [5.74, 6) is 0. The molecule has 0 aliphatic heterocycles. The van der Waals surface area contributed by atoms with Gasteiger partial charge in [-0.15, -0.1) is 0 Å². The number of hydrogen-bond donors (Lipinski definition) is 1. The van der Waals surface area contributed by atoms with Crippen LogP contribution in [0.25, 0.3) is 0 Å². The third-order valence-electron chi connectivity index (χ3n) is 0. The second-order valence-electron chi connectivity index (χ2n) is 2.17. The monoisotopic (exact) mass is 270 g/mol. The summed E-state index contributed by atoms with van der Waals surface area (Å²) in [6.07, 6.45) is 0. The van der Waals surface area contributed by atoms with E-state index in [2.05, 4.69) is 0 Å². The van der Waals surface area contributed by atoms with Crippen LogP contribution in [0.4, 0.5) is 0 Å². The molecule has 0 aromatic carbocycles. The molecule has 36 valence electrons. The summed E-state index contributed by atoms with van der Waals surface area (Å²) in [5, 5.41) is 0. The molecule has 0 saturated carbocycles. The molecule has 0 atom stereocenters. The van der Waals surface area contributed by atoms with Crippen LogP contribution in [-0.2, 0) is 25.8 Å². The molecule has 0 rings (SSSR count). The topological polar surface area (TPSA) is 20.2 Å². The van der Waals surface area contributed by atoms with E-state index in [1.807, 2.05) is 19.6 Å². The van der Waals surface area contributed by atoms with Gasteiger partial charge in [0.2, 0.25) is 0 Å². The van der Waals surface area contributed by atoms with Crippen molar-refractivity contribution in [3.8, 4) is 0 Å². The summed E-state index contributed by atoms with van der Waals surface area (Å²) in [6.45, 7) is 5.65. The standard InChI is InChI=1S/C3H10OSi.Hf/c1-5(2,3)4;/h4H,1-3H3;. The Morgan fingerprint density at radius 1 is 1.17 bits per heavy atom. The zero-order chi connectivity index (χ0) is 4.50. The van der Waals surface area contributed by atoms with Crippen LogP contribution in [0.5, 0.6) is 0 Å². The van der Waals surface area contributed by atoms with Crippen molar-refractivity contribution in [2.24, 2.45) is 0 Å². The Hall–Kier alpha value is 1.05. The first-order chi connectivity index (χ1) is 2.00. The minimum atomic E-state index is -1.61. The Morgan fingerprint density at radius 3 is 1.17 bits per heavy atom. The summed E-state index contributed by atoms with van der Waals surface area (Å²) in [7, 11) is -1.61. The summed E-state index contributed by atoms with van der Waals surface area (Å²) in [6, 6.07) is 0. The van der Waals surface area contributed by atoms with Gasteiger partial charge in [-0.1, -0.05) is 0 Å². The predicted octanol–water partition coefficient (Wildman–Crippen LogP) is 0.811. The van der Waals surface area contributed by atoms with E-state index in [-0.39, 0.29) is 25.8 Å². The van der Waals surface area contributed by atoms with Gasteiger partial charge in [0, 0.05) is 25.8 Å². The average molecular weight is 269 g/mol. The fourth-order valence-electron chi connectivity index (χ4n) is 0. The van der Waals surface area contributed by atoms with Crippen molar-refractivity contribution in [2.75, 3.05) is 0 Å². The zero-order valence-corrected chi connectivity index (χ0v) is 9.04. The van der Waals surface area contributed by atoms with E-state index in [4.69, 9.17) is 4.80 Å². The van der Waals surface area contributed by atoms with Crippen LogP contribution in [0.3, 0.4) is 0 Å². The molecule has 0 radical (unpaired) electrons. The molecule has 1 nitrogen and oxygen atoms in total. The van der Waals surface area contributed by atoms with Gasteiger partial charge in [-0.2, -0.15) is 0 Å². The summed E-state index contributed by atoms with van der Waals surface area (Å²) < 4.78 is 0. The Labute approximate surface area is 58.7 Å². The van der Waals surface area contributed by atoms with Gasteiger partial charge < -0.3 is 4.80 Å². The van der Waals surface area contributed by atoms with Crippen molar-refractivity contribution in [3.05, 3.63) is 0 Å². The van der Waals surface area contributed by atoms with Crippen molar-refractivity contribution in [1.82, 2.24) is 0 Å². The summed E-state index contributed by atoms with van der Waals surface area (Å²) in [5.41, 5.74) is 0.